The number of carbonyl (C=O) groups excluding carboxylic acids is 1. The normalized spacial score (nSPS) is 23.5. The van der Waals surface area contributed by atoms with E-state index >= 15 is 0 Å². The number of nitrogens with zero attached hydrogens (tertiary/aromatic N) is 4. The van der Waals surface area contributed by atoms with Crippen LogP contribution in [0, 0.1) is 48.9 Å². The Morgan fingerprint density at radius 3 is 2.60 bits per heavy atom. The number of nitriles is 1. The highest BCUT2D eigenvalue weighted by molar-refractivity contribution is 7.14. The van der Waals surface area contributed by atoms with Crippen LogP contribution in [0.2, 0.25) is 0 Å². The quantitative estimate of drug-likeness (QED) is 0.367. The van der Waals surface area contributed by atoms with Crippen molar-refractivity contribution in [3.05, 3.63) is 64.0 Å². The van der Waals surface area contributed by atoms with E-state index in [9.17, 15) is 20.0 Å². The van der Waals surface area contributed by atoms with Gasteiger partial charge in [0.1, 0.15) is 12.4 Å². The predicted octanol–water partition coefficient (Wildman–Crippen LogP) is 5.93. The summed E-state index contributed by atoms with van der Waals surface area (Å²) >= 11 is 1.60. The zero-order valence-electron chi connectivity index (χ0n) is 24.1. The molecule has 1 aliphatic carbocycles. The van der Waals surface area contributed by atoms with Gasteiger partial charge in [-0.05, 0) is 86.8 Å². The van der Waals surface area contributed by atoms with E-state index in [-0.39, 0.29) is 29.6 Å². The highest BCUT2D eigenvalue weighted by atomic mass is 32.1. The van der Waals surface area contributed by atoms with Crippen LogP contribution in [-0.2, 0) is 11.4 Å². The molecule has 8 nitrogen and oxygen atoms in total. The SMILES string of the molecule is Cc1ccc(OCc2ccc(C(=O)N3CCCC(C#N)C3)cc2C)c(-c2csc(N3C[C@H]4CC[C@@H](C3)C4C(=O)O)n2)c1. The Morgan fingerprint density at radius 2 is 1.88 bits per heavy atom. The first-order chi connectivity index (χ1) is 20.3. The van der Waals surface area contributed by atoms with Crippen molar-refractivity contribution >= 4 is 28.3 Å². The summed E-state index contributed by atoms with van der Waals surface area (Å²) in [6.07, 6.45) is 3.66. The Hall–Kier alpha value is -3.90. The van der Waals surface area contributed by atoms with Crippen LogP contribution in [-0.4, -0.2) is 53.0 Å². The first kappa shape index (κ1) is 28.2. The van der Waals surface area contributed by atoms with Crippen LogP contribution in [0.4, 0.5) is 5.13 Å². The summed E-state index contributed by atoms with van der Waals surface area (Å²) < 4.78 is 6.35. The molecule has 42 heavy (non-hydrogen) atoms. The minimum Gasteiger partial charge on any atom is -0.488 e. The van der Waals surface area contributed by atoms with Crippen LogP contribution >= 0.6 is 11.3 Å². The smallest absolute Gasteiger partial charge is 0.307 e. The molecule has 218 valence electrons. The number of aromatic nitrogens is 1. The summed E-state index contributed by atoms with van der Waals surface area (Å²) in [7, 11) is 0. The molecular weight excluding hydrogens is 548 g/mol. The van der Waals surface area contributed by atoms with E-state index in [4.69, 9.17) is 9.72 Å². The summed E-state index contributed by atoms with van der Waals surface area (Å²) in [5, 5.41) is 22.0. The molecule has 3 aliphatic rings. The van der Waals surface area contributed by atoms with E-state index in [0.29, 0.717) is 25.3 Å². The lowest BCUT2D eigenvalue weighted by Crippen LogP contribution is -2.44. The molecule has 2 bridgehead atoms. The molecule has 2 aromatic carbocycles. The zero-order chi connectivity index (χ0) is 29.4. The molecule has 1 aromatic heterocycles. The molecule has 9 heteroatoms. The van der Waals surface area contributed by atoms with Gasteiger partial charge in [-0.1, -0.05) is 17.7 Å². The number of hydrogen-bond donors (Lipinski definition) is 1. The molecule has 2 aliphatic heterocycles. The Kier molecular flexibility index (Phi) is 7.91. The molecule has 3 aromatic rings. The Bertz CT molecular complexity index is 1530. The van der Waals surface area contributed by atoms with Crippen molar-refractivity contribution in [1.82, 2.24) is 9.88 Å². The third kappa shape index (κ3) is 5.60. The van der Waals surface area contributed by atoms with Gasteiger partial charge in [-0.2, -0.15) is 5.26 Å². The van der Waals surface area contributed by atoms with Crippen molar-refractivity contribution in [2.24, 2.45) is 23.7 Å². The van der Waals surface area contributed by atoms with Crippen molar-refractivity contribution in [3.8, 4) is 23.1 Å². The second-order valence-electron chi connectivity index (χ2n) is 12.0. The maximum Gasteiger partial charge on any atom is 0.307 e. The topological polar surface area (TPSA) is 107 Å². The van der Waals surface area contributed by atoms with Crippen LogP contribution in [0.5, 0.6) is 5.75 Å². The van der Waals surface area contributed by atoms with E-state index in [1.54, 1.807) is 16.2 Å². The van der Waals surface area contributed by atoms with Crippen LogP contribution in [0.15, 0.2) is 41.8 Å². The fraction of sp³-hybridized carbons (Fsp3) is 0.455. The second kappa shape index (κ2) is 11.8. The number of amides is 1. The minimum absolute atomic E-state index is 0.0223. The fourth-order valence-electron chi connectivity index (χ4n) is 6.88. The lowest BCUT2D eigenvalue weighted by atomic mass is 9.85. The number of anilines is 1. The van der Waals surface area contributed by atoms with Crippen molar-refractivity contribution < 1.29 is 19.4 Å². The molecule has 0 spiro atoms. The summed E-state index contributed by atoms with van der Waals surface area (Å²) in [6.45, 7) is 7.08. The molecule has 2 saturated heterocycles. The third-order valence-corrected chi connectivity index (χ3v) is 10.1. The highest BCUT2D eigenvalue weighted by Crippen LogP contribution is 2.44. The number of carboxylic acid groups (broad SMARTS) is 1. The van der Waals surface area contributed by atoms with E-state index in [0.717, 1.165) is 77.6 Å². The number of aliphatic carboxylic acids is 1. The van der Waals surface area contributed by atoms with Crippen LogP contribution in [0.3, 0.4) is 0 Å². The van der Waals surface area contributed by atoms with Gasteiger partial charge in [-0.15, -0.1) is 11.3 Å². The number of likely N-dealkylation sites (tertiary alicyclic amines) is 1. The number of fused-ring (bicyclic) bond motifs is 2. The van der Waals surface area contributed by atoms with Crippen molar-refractivity contribution in [2.45, 2.75) is 46.1 Å². The van der Waals surface area contributed by atoms with Gasteiger partial charge in [0.2, 0.25) is 0 Å². The van der Waals surface area contributed by atoms with Gasteiger partial charge in [0.25, 0.3) is 5.91 Å². The zero-order valence-corrected chi connectivity index (χ0v) is 24.9. The third-order valence-electron chi connectivity index (χ3n) is 9.16. The van der Waals surface area contributed by atoms with Gasteiger partial charge in [-0.3, -0.25) is 9.59 Å². The van der Waals surface area contributed by atoms with Gasteiger partial charge in [0.15, 0.2) is 5.13 Å². The number of benzene rings is 2. The maximum absolute atomic E-state index is 13.1. The Balaban J connectivity index is 1.15. The molecule has 2 unspecified atom stereocenters. The van der Waals surface area contributed by atoms with Crippen molar-refractivity contribution in [1.29, 1.82) is 5.26 Å². The highest BCUT2D eigenvalue weighted by Gasteiger charge is 2.46. The molecule has 1 amide bonds. The molecular formula is C33H36N4O4S. The Morgan fingerprint density at radius 1 is 1.10 bits per heavy atom. The standard InChI is InChI=1S/C33H36N4O4S/c1-20-5-10-29(41-18-26-9-6-23(13-21(26)2)31(38)36-11-3-4-22(14-34)15-36)27(12-20)28-19-42-33(35-28)37-16-24-7-8-25(17-37)30(24)32(39)40/h5-6,9-10,12-13,19,22,24-25,30H,3-4,7-8,11,15-18H2,1-2H3,(H,39,40)/t22?,24-,25+,30?. The van der Waals surface area contributed by atoms with Gasteiger partial charge < -0.3 is 19.6 Å². The number of hydrogen-bond acceptors (Lipinski definition) is 7. The van der Waals surface area contributed by atoms with Gasteiger partial charge in [-0.25, -0.2) is 4.98 Å². The van der Waals surface area contributed by atoms with Crippen molar-refractivity contribution in [2.75, 3.05) is 31.1 Å². The van der Waals surface area contributed by atoms with Crippen LogP contribution < -0.4 is 9.64 Å². The van der Waals surface area contributed by atoms with Crippen LogP contribution in [0.25, 0.3) is 11.3 Å². The largest absolute Gasteiger partial charge is 0.488 e. The first-order valence-corrected chi connectivity index (χ1v) is 15.6. The van der Waals surface area contributed by atoms with Crippen molar-refractivity contribution in [3.63, 3.8) is 0 Å². The summed E-state index contributed by atoms with van der Waals surface area (Å²) in [4.78, 5) is 33.9. The fourth-order valence-corrected chi connectivity index (χ4v) is 7.73. The van der Waals surface area contributed by atoms with Crippen LogP contribution in [0.1, 0.15) is 52.7 Å². The summed E-state index contributed by atoms with van der Waals surface area (Å²) in [5.74, 6) is 0.123. The molecule has 4 atom stereocenters. The van der Waals surface area contributed by atoms with Gasteiger partial charge in [0.05, 0.1) is 23.6 Å². The first-order valence-electron chi connectivity index (χ1n) is 14.8. The lowest BCUT2D eigenvalue weighted by molar-refractivity contribution is -0.144. The number of carbonyl (C=O) groups is 2. The second-order valence-corrected chi connectivity index (χ2v) is 12.9. The molecule has 0 radical (unpaired) electrons. The van der Waals surface area contributed by atoms with E-state index in [1.165, 1.54) is 0 Å². The average molecular weight is 585 g/mol. The molecule has 3 fully saturated rings. The van der Waals surface area contributed by atoms with E-state index < -0.39 is 5.97 Å². The van der Waals surface area contributed by atoms with E-state index in [2.05, 4.69) is 29.3 Å². The minimum atomic E-state index is -0.657. The molecule has 6 rings (SSSR count). The number of thiazole rings is 1. The predicted molar refractivity (Wildman–Crippen MR) is 162 cm³/mol. The summed E-state index contributed by atoms with van der Waals surface area (Å²) in [6, 6.07) is 14.1. The van der Waals surface area contributed by atoms with Gasteiger partial charge >= 0.3 is 5.97 Å². The summed E-state index contributed by atoms with van der Waals surface area (Å²) in [5.41, 5.74) is 5.53. The lowest BCUT2D eigenvalue weighted by Gasteiger charge is -2.35. The molecule has 1 N–H and O–H groups in total. The number of rotatable bonds is 7. The maximum atomic E-state index is 13.1. The van der Waals surface area contributed by atoms with Gasteiger partial charge in [0, 0.05) is 42.7 Å². The average Bonchev–Trinajstić information content (AvgIpc) is 3.59. The number of carboxylic acids is 1. The number of ether oxygens (including phenoxy) is 1. The van der Waals surface area contributed by atoms with E-state index in [1.807, 2.05) is 37.3 Å². The number of piperidine rings is 2. The number of aryl methyl sites for hydroxylation is 2. The molecule has 1 saturated carbocycles. The Labute approximate surface area is 250 Å². The molecule has 3 heterocycles. The monoisotopic (exact) mass is 584 g/mol.